The highest BCUT2D eigenvalue weighted by molar-refractivity contribution is 5.91. The molecule has 32 heavy (non-hydrogen) atoms. The molecule has 1 aromatic carbocycles. The van der Waals surface area contributed by atoms with Crippen LogP contribution in [0.25, 0.3) is 22.2 Å². The van der Waals surface area contributed by atoms with Gasteiger partial charge in [0.2, 0.25) is 12.3 Å². The van der Waals surface area contributed by atoms with Crippen LogP contribution in [0.2, 0.25) is 0 Å². The van der Waals surface area contributed by atoms with Crippen LogP contribution in [-0.2, 0) is 11.2 Å². The Morgan fingerprint density at radius 2 is 1.88 bits per heavy atom. The fourth-order valence-corrected chi connectivity index (χ4v) is 4.82. The lowest BCUT2D eigenvalue weighted by Gasteiger charge is -2.31. The van der Waals surface area contributed by atoms with Crippen LogP contribution in [0.15, 0.2) is 30.3 Å². The summed E-state index contributed by atoms with van der Waals surface area (Å²) >= 11 is 0. The number of fused-ring (bicyclic) bond motifs is 1. The zero-order valence-corrected chi connectivity index (χ0v) is 18.8. The summed E-state index contributed by atoms with van der Waals surface area (Å²) in [4.78, 5) is 21.6. The topological polar surface area (TPSA) is 61.0 Å². The quantitative estimate of drug-likeness (QED) is 0.590. The van der Waals surface area contributed by atoms with E-state index in [1.165, 1.54) is 5.56 Å². The van der Waals surface area contributed by atoms with Gasteiger partial charge >= 0.3 is 0 Å². The second-order valence-corrected chi connectivity index (χ2v) is 8.74. The maximum absolute atomic E-state index is 13.5. The smallest absolute Gasteiger partial charge is 0.242 e. The lowest BCUT2D eigenvalue weighted by molar-refractivity contribution is -0.122. The van der Waals surface area contributed by atoms with Crippen molar-refractivity contribution < 1.29 is 13.6 Å². The number of likely N-dealkylation sites (N-methyl/N-ethyl adjacent to an activating group) is 1. The van der Waals surface area contributed by atoms with Crippen LogP contribution in [0.3, 0.4) is 0 Å². The van der Waals surface area contributed by atoms with Crippen molar-refractivity contribution in [3.8, 4) is 11.3 Å². The van der Waals surface area contributed by atoms with Crippen LogP contribution in [0.4, 0.5) is 8.78 Å². The monoisotopic (exact) mass is 440 g/mol. The van der Waals surface area contributed by atoms with Gasteiger partial charge in [-0.3, -0.25) is 14.7 Å². The van der Waals surface area contributed by atoms with Crippen molar-refractivity contribution in [2.45, 2.75) is 45.5 Å². The molecule has 1 aliphatic rings. The number of pyridine rings is 1. The predicted octanol–water partition coefficient (Wildman–Crippen LogP) is 4.58. The average Bonchev–Trinajstić information content (AvgIpc) is 3.10. The Kier molecular flexibility index (Phi) is 6.55. The molecule has 2 aromatic heterocycles. The number of benzene rings is 1. The van der Waals surface area contributed by atoms with Gasteiger partial charge in [-0.15, -0.1) is 0 Å². The minimum Gasteiger partial charge on any atom is -0.358 e. The summed E-state index contributed by atoms with van der Waals surface area (Å²) in [5.41, 5.74) is 6.11. The minimum absolute atomic E-state index is 0.0305. The largest absolute Gasteiger partial charge is 0.358 e. The molecule has 0 atom stereocenters. The number of nitrogens with zero attached hydrogens (tertiary/aromatic N) is 2. The fourth-order valence-electron chi connectivity index (χ4n) is 4.82. The number of alkyl halides is 2. The zero-order valence-electron chi connectivity index (χ0n) is 18.8. The molecule has 0 bridgehead atoms. The molecule has 0 aliphatic carbocycles. The van der Waals surface area contributed by atoms with E-state index in [2.05, 4.69) is 32.3 Å². The van der Waals surface area contributed by atoms with Crippen molar-refractivity contribution in [1.29, 1.82) is 0 Å². The molecule has 0 radical (unpaired) electrons. The number of aromatic nitrogens is 2. The van der Waals surface area contributed by atoms with Gasteiger partial charge in [0.25, 0.3) is 0 Å². The van der Waals surface area contributed by atoms with E-state index in [0.29, 0.717) is 18.0 Å². The Balaban J connectivity index is 1.65. The molecule has 0 spiro atoms. The maximum atomic E-state index is 13.5. The number of rotatable bonds is 6. The van der Waals surface area contributed by atoms with Gasteiger partial charge in [-0.1, -0.05) is 6.07 Å². The molecule has 0 saturated carbocycles. The highest BCUT2D eigenvalue weighted by Gasteiger charge is 2.24. The highest BCUT2D eigenvalue weighted by Crippen LogP contribution is 2.36. The maximum Gasteiger partial charge on any atom is 0.242 e. The summed E-state index contributed by atoms with van der Waals surface area (Å²) in [6, 6.07) is 10.1. The van der Waals surface area contributed by atoms with Crippen molar-refractivity contribution in [1.82, 2.24) is 20.2 Å². The third-order valence-corrected chi connectivity index (χ3v) is 6.36. The second-order valence-electron chi connectivity index (χ2n) is 8.74. The second kappa shape index (κ2) is 9.36. The highest BCUT2D eigenvalue weighted by atomic mass is 19.3. The van der Waals surface area contributed by atoms with Crippen molar-refractivity contribution in [2.24, 2.45) is 0 Å². The van der Waals surface area contributed by atoms with Gasteiger partial charge in [0.05, 0.1) is 12.2 Å². The van der Waals surface area contributed by atoms with Crippen LogP contribution in [0.1, 0.15) is 41.3 Å². The number of piperidine rings is 1. The van der Waals surface area contributed by atoms with Gasteiger partial charge in [-0.2, -0.15) is 0 Å². The van der Waals surface area contributed by atoms with Crippen molar-refractivity contribution >= 4 is 16.8 Å². The SMILES string of the molecule is CNC(=O)CN1CCC(c2ccc3[nH]c(-c4cc(C)nc(C)c4)c(CC(F)F)c3c2)CC1. The van der Waals surface area contributed by atoms with Gasteiger partial charge in [0.15, 0.2) is 0 Å². The summed E-state index contributed by atoms with van der Waals surface area (Å²) in [6.07, 6.45) is -0.809. The number of aryl methyl sites for hydroxylation is 2. The molecule has 1 saturated heterocycles. The van der Waals surface area contributed by atoms with Gasteiger partial charge < -0.3 is 10.3 Å². The first-order chi connectivity index (χ1) is 15.3. The molecule has 0 unspecified atom stereocenters. The standard InChI is InChI=1S/C25H30F2N4O/c1-15-10-19(11-16(2)29-15)25-21(13-23(26)27)20-12-18(4-5-22(20)30-25)17-6-8-31(9-7-17)14-24(32)28-3/h4-5,10-12,17,23,30H,6-9,13-14H2,1-3H3,(H,28,32). The van der Waals surface area contributed by atoms with E-state index in [-0.39, 0.29) is 12.3 Å². The summed E-state index contributed by atoms with van der Waals surface area (Å²) < 4.78 is 27.1. The number of hydrogen-bond acceptors (Lipinski definition) is 3. The number of halogens is 2. The van der Waals surface area contributed by atoms with Crippen LogP contribution in [0.5, 0.6) is 0 Å². The van der Waals surface area contributed by atoms with E-state index >= 15 is 0 Å². The zero-order chi connectivity index (χ0) is 22.8. The van der Waals surface area contributed by atoms with Crippen LogP contribution in [0, 0.1) is 13.8 Å². The van der Waals surface area contributed by atoms with E-state index < -0.39 is 6.43 Å². The average molecular weight is 441 g/mol. The third kappa shape index (κ3) is 4.83. The van der Waals surface area contributed by atoms with E-state index in [1.807, 2.05) is 32.0 Å². The van der Waals surface area contributed by atoms with E-state index in [9.17, 15) is 13.6 Å². The van der Waals surface area contributed by atoms with E-state index in [4.69, 9.17) is 0 Å². The van der Waals surface area contributed by atoms with E-state index in [1.54, 1.807) is 7.05 Å². The Bertz CT molecular complexity index is 1100. The molecule has 7 heteroatoms. The first-order valence-electron chi connectivity index (χ1n) is 11.1. The Morgan fingerprint density at radius 1 is 1.19 bits per heavy atom. The third-order valence-electron chi connectivity index (χ3n) is 6.36. The van der Waals surface area contributed by atoms with Gasteiger partial charge in [-0.05, 0) is 81.1 Å². The van der Waals surface area contributed by atoms with Crippen molar-refractivity contribution in [2.75, 3.05) is 26.7 Å². The molecule has 3 aromatic rings. The van der Waals surface area contributed by atoms with Gasteiger partial charge in [0, 0.05) is 41.3 Å². The number of likely N-dealkylation sites (tertiary alicyclic amines) is 1. The number of carbonyl (C=O) groups excluding carboxylic acids is 1. The van der Waals surface area contributed by atoms with Crippen LogP contribution < -0.4 is 5.32 Å². The molecule has 2 N–H and O–H groups in total. The predicted molar refractivity (Wildman–Crippen MR) is 123 cm³/mol. The normalized spacial score (nSPS) is 15.6. The Labute approximate surface area is 187 Å². The molecule has 1 fully saturated rings. The first-order valence-corrected chi connectivity index (χ1v) is 11.1. The van der Waals surface area contributed by atoms with Gasteiger partial charge in [0.1, 0.15) is 0 Å². The number of nitrogens with one attached hydrogen (secondary N) is 2. The molecule has 3 heterocycles. The number of amides is 1. The molecule has 5 nitrogen and oxygen atoms in total. The van der Waals surface area contributed by atoms with Crippen LogP contribution >= 0.6 is 0 Å². The molecule has 1 aliphatic heterocycles. The first kappa shape index (κ1) is 22.4. The summed E-state index contributed by atoms with van der Waals surface area (Å²) in [5.74, 6) is 0.395. The minimum atomic E-state index is -2.42. The number of carbonyl (C=O) groups is 1. The van der Waals surface area contributed by atoms with Crippen molar-refractivity contribution in [3.63, 3.8) is 0 Å². The summed E-state index contributed by atoms with van der Waals surface area (Å²) in [7, 11) is 1.65. The number of aromatic amines is 1. The van der Waals surface area contributed by atoms with Gasteiger partial charge in [-0.25, -0.2) is 8.78 Å². The lowest BCUT2D eigenvalue weighted by atomic mass is 9.88. The molecular weight excluding hydrogens is 410 g/mol. The lowest BCUT2D eigenvalue weighted by Crippen LogP contribution is -2.40. The molecule has 4 rings (SSSR count). The Hall–Kier alpha value is -2.80. The fraction of sp³-hybridized carbons (Fsp3) is 0.440. The molecule has 1 amide bonds. The molecule has 170 valence electrons. The summed E-state index contributed by atoms with van der Waals surface area (Å²) in [5, 5.41) is 3.54. The van der Waals surface area contributed by atoms with Crippen LogP contribution in [-0.4, -0.2) is 53.9 Å². The number of hydrogen-bond donors (Lipinski definition) is 2. The van der Waals surface area contributed by atoms with E-state index in [0.717, 1.165) is 59.5 Å². The molecular formula is C25H30F2N4O. The number of H-pyrrole nitrogens is 1. The Morgan fingerprint density at radius 3 is 2.50 bits per heavy atom. The van der Waals surface area contributed by atoms with Crippen molar-refractivity contribution in [3.05, 3.63) is 52.8 Å². The summed E-state index contributed by atoms with van der Waals surface area (Å²) in [6.45, 7) is 5.97.